The maximum absolute atomic E-state index is 5.01. The highest BCUT2D eigenvalue weighted by Crippen LogP contribution is 2.28. The smallest absolute Gasteiger partial charge is 0.153 e. The van der Waals surface area contributed by atoms with Crippen LogP contribution in [0.4, 0.5) is 0 Å². The van der Waals surface area contributed by atoms with Gasteiger partial charge in [-0.15, -0.1) is 0 Å². The van der Waals surface area contributed by atoms with Gasteiger partial charge in [0, 0.05) is 44.2 Å². The van der Waals surface area contributed by atoms with E-state index < -0.39 is 0 Å². The third-order valence-electron chi connectivity index (χ3n) is 3.98. The van der Waals surface area contributed by atoms with E-state index in [1.807, 2.05) is 12.4 Å². The molecule has 0 radical (unpaired) electrons. The maximum atomic E-state index is 5.01. The first-order valence-electron chi connectivity index (χ1n) is 6.60. The molecule has 5 heteroatoms. The van der Waals surface area contributed by atoms with Crippen molar-refractivity contribution in [3.8, 4) is 0 Å². The number of ether oxygens (including phenoxy) is 1. The van der Waals surface area contributed by atoms with E-state index in [1.165, 1.54) is 25.1 Å². The Labute approximate surface area is 108 Å². The monoisotopic (exact) mass is 248 g/mol. The third kappa shape index (κ3) is 2.39. The quantitative estimate of drug-likeness (QED) is 0.836. The summed E-state index contributed by atoms with van der Waals surface area (Å²) in [5.41, 5.74) is 1.20. The highest BCUT2D eigenvalue weighted by atomic mass is 16.5. The Morgan fingerprint density at radius 1 is 1.39 bits per heavy atom. The molecule has 2 fully saturated rings. The molecule has 0 spiro atoms. The minimum atomic E-state index is 0.485. The van der Waals surface area contributed by atoms with Gasteiger partial charge in [0.25, 0.3) is 0 Å². The van der Waals surface area contributed by atoms with Gasteiger partial charge in [-0.3, -0.25) is 4.90 Å². The number of methoxy groups -OCH3 is 1. The molecule has 3 rings (SSSR count). The van der Waals surface area contributed by atoms with E-state index in [0.717, 1.165) is 24.8 Å². The van der Waals surface area contributed by atoms with Gasteiger partial charge in [-0.2, -0.15) is 0 Å². The Bertz CT molecular complexity index is 394. The lowest BCUT2D eigenvalue weighted by Crippen LogP contribution is -2.33. The van der Waals surface area contributed by atoms with Gasteiger partial charge in [0.2, 0.25) is 0 Å². The van der Waals surface area contributed by atoms with Gasteiger partial charge in [-0.05, 0) is 25.4 Å². The lowest BCUT2D eigenvalue weighted by molar-refractivity contribution is 0.177. The van der Waals surface area contributed by atoms with Crippen molar-refractivity contribution >= 4 is 0 Å². The topological polar surface area (TPSA) is 50.3 Å². The van der Waals surface area contributed by atoms with Crippen molar-refractivity contribution in [1.82, 2.24) is 20.2 Å². The van der Waals surface area contributed by atoms with Crippen LogP contribution in [0.25, 0.3) is 0 Å². The van der Waals surface area contributed by atoms with Crippen LogP contribution in [-0.4, -0.2) is 47.7 Å². The van der Waals surface area contributed by atoms with E-state index in [9.17, 15) is 0 Å². The van der Waals surface area contributed by atoms with Crippen molar-refractivity contribution in [2.45, 2.75) is 25.6 Å². The van der Waals surface area contributed by atoms with Crippen molar-refractivity contribution in [2.24, 2.45) is 5.92 Å². The summed E-state index contributed by atoms with van der Waals surface area (Å²) in [6.45, 7) is 4.98. The molecule has 2 atom stereocenters. The first-order chi connectivity index (χ1) is 8.86. The second kappa shape index (κ2) is 5.30. The molecule has 0 aromatic carbocycles. The fraction of sp³-hybridized carbons (Fsp3) is 0.692. The van der Waals surface area contributed by atoms with Gasteiger partial charge in [-0.1, -0.05) is 0 Å². The Balaban J connectivity index is 1.62. The van der Waals surface area contributed by atoms with Crippen molar-refractivity contribution in [2.75, 3.05) is 26.7 Å². The predicted molar refractivity (Wildman–Crippen MR) is 67.9 cm³/mol. The van der Waals surface area contributed by atoms with Gasteiger partial charge in [0.15, 0.2) is 5.82 Å². The zero-order chi connectivity index (χ0) is 12.4. The van der Waals surface area contributed by atoms with Crippen molar-refractivity contribution in [3.05, 3.63) is 23.8 Å². The average molecular weight is 248 g/mol. The summed E-state index contributed by atoms with van der Waals surface area (Å²) in [4.78, 5) is 11.2. The molecule has 3 heterocycles. The second-order valence-electron chi connectivity index (χ2n) is 5.19. The Hall–Kier alpha value is -1.04. The lowest BCUT2D eigenvalue weighted by Gasteiger charge is -2.22. The van der Waals surface area contributed by atoms with E-state index in [0.29, 0.717) is 12.6 Å². The zero-order valence-electron chi connectivity index (χ0n) is 10.8. The Morgan fingerprint density at radius 3 is 3.00 bits per heavy atom. The van der Waals surface area contributed by atoms with Crippen LogP contribution in [-0.2, 0) is 17.9 Å². The van der Waals surface area contributed by atoms with Gasteiger partial charge < -0.3 is 10.1 Å². The summed E-state index contributed by atoms with van der Waals surface area (Å²) in [6, 6.07) is 0.712. The fourth-order valence-electron chi connectivity index (χ4n) is 3.04. The van der Waals surface area contributed by atoms with Crippen LogP contribution in [0.15, 0.2) is 12.4 Å². The summed E-state index contributed by atoms with van der Waals surface area (Å²) in [5.74, 6) is 1.60. The number of fused-ring (bicyclic) bond motifs is 1. The van der Waals surface area contributed by atoms with Crippen LogP contribution in [0.2, 0.25) is 0 Å². The van der Waals surface area contributed by atoms with E-state index in [4.69, 9.17) is 4.74 Å². The molecule has 1 N–H and O–H groups in total. The number of rotatable bonds is 4. The first kappa shape index (κ1) is 12.0. The molecule has 0 amide bonds. The van der Waals surface area contributed by atoms with Gasteiger partial charge in [0.1, 0.15) is 6.61 Å². The molecule has 0 bridgehead atoms. The number of hydrogen-bond donors (Lipinski definition) is 1. The average Bonchev–Trinajstić information content (AvgIpc) is 2.97. The van der Waals surface area contributed by atoms with Crippen molar-refractivity contribution in [3.63, 3.8) is 0 Å². The van der Waals surface area contributed by atoms with Crippen LogP contribution in [0.3, 0.4) is 0 Å². The van der Waals surface area contributed by atoms with Gasteiger partial charge in [-0.25, -0.2) is 9.97 Å². The van der Waals surface area contributed by atoms with E-state index in [1.54, 1.807) is 7.11 Å². The third-order valence-corrected chi connectivity index (χ3v) is 3.98. The van der Waals surface area contributed by atoms with Crippen molar-refractivity contribution in [1.29, 1.82) is 0 Å². The predicted octanol–water partition coefficient (Wildman–Crippen LogP) is 0.417. The zero-order valence-corrected chi connectivity index (χ0v) is 10.8. The summed E-state index contributed by atoms with van der Waals surface area (Å²) < 4.78 is 5.01. The van der Waals surface area contributed by atoms with Crippen LogP contribution in [0, 0.1) is 5.92 Å². The second-order valence-corrected chi connectivity index (χ2v) is 5.19. The maximum Gasteiger partial charge on any atom is 0.153 e. The van der Waals surface area contributed by atoms with Gasteiger partial charge >= 0.3 is 0 Å². The number of likely N-dealkylation sites (tertiary alicyclic amines) is 1. The lowest BCUT2D eigenvalue weighted by atomic mass is 10.1. The molecule has 98 valence electrons. The van der Waals surface area contributed by atoms with Crippen LogP contribution in [0.1, 0.15) is 17.8 Å². The summed E-state index contributed by atoms with van der Waals surface area (Å²) in [7, 11) is 1.66. The molecular weight excluding hydrogens is 228 g/mol. The number of aromatic nitrogens is 2. The Morgan fingerprint density at radius 2 is 2.22 bits per heavy atom. The molecule has 2 aliphatic rings. The molecule has 0 unspecified atom stereocenters. The molecule has 0 aliphatic carbocycles. The molecule has 1 aromatic rings. The largest absolute Gasteiger partial charge is 0.377 e. The minimum absolute atomic E-state index is 0.485. The molecule has 5 nitrogen and oxygen atoms in total. The summed E-state index contributed by atoms with van der Waals surface area (Å²) in [5, 5.41) is 3.48. The highest BCUT2D eigenvalue weighted by Gasteiger charge is 2.37. The molecule has 2 saturated heterocycles. The number of nitrogens with one attached hydrogen (secondary N) is 1. The number of nitrogens with zero attached hydrogens (tertiary/aromatic N) is 3. The molecule has 2 aliphatic heterocycles. The molecule has 0 saturated carbocycles. The van der Waals surface area contributed by atoms with Crippen LogP contribution in [0.5, 0.6) is 0 Å². The van der Waals surface area contributed by atoms with Gasteiger partial charge in [0.05, 0.1) is 0 Å². The summed E-state index contributed by atoms with van der Waals surface area (Å²) >= 11 is 0. The fourth-order valence-corrected chi connectivity index (χ4v) is 3.04. The normalized spacial score (nSPS) is 27.6. The standard InChI is InChI=1S/C13H20N4O/c1-18-9-13-15-4-10(5-16-13)8-17-3-2-11-6-14-7-12(11)17/h4-5,11-12,14H,2-3,6-9H2,1H3/t11-,12+/m0/s1. The molecule has 1 aromatic heterocycles. The van der Waals surface area contributed by atoms with E-state index in [2.05, 4.69) is 20.2 Å². The van der Waals surface area contributed by atoms with Crippen LogP contribution < -0.4 is 5.32 Å². The van der Waals surface area contributed by atoms with E-state index >= 15 is 0 Å². The molecular formula is C13H20N4O. The first-order valence-corrected chi connectivity index (χ1v) is 6.60. The SMILES string of the molecule is COCc1ncc(CN2CC[C@H]3CNC[C@H]32)cn1. The Kier molecular flexibility index (Phi) is 3.54. The van der Waals surface area contributed by atoms with E-state index in [-0.39, 0.29) is 0 Å². The minimum Gasteiger partial charge on any atom is -0.377 e. The summed E-state index contributed by atoms with van der Waals surface area (Å²) in [6.07, 6.45) is 5.18. The highest BCUT2D eigenvalue weighted by molar-refractivity contribution is 5.07. The number of hydrogen-bond acceptors (Lipinski definition) is 5. The molecule has 18 heavy (non-hydrogen) atoms. The van der Waals surface area contributed by atoms with Crippen molar-refractivity contribution < 1.29 is 4.74 Å². The van der Waals surface area contributed by atoms with Crippen LogP contribution >= 0.6 is 0 Å².